The Labute approximate surface area is 157 Å². The lowest BCUT2D eigenvalue weighted by molar-refractivity contribution is 0.0992. The fraction of sp³-hybridized carbons (Fsp3) is 0.167. The number of hydrogen-bond donors (Lipinski definition) is 1. The monoisotopic (exact) mass is 385 g/mol. The number of pyridine rings is 1. The molecule has 3 rings (SSSR count). The smallest absolute Gasteiger partial charge is 0.259 e. The number of rotatable bonds is 6. The average Bonchev–Trinajstić information content (AvgIpc) is 3.20. The van der Waals surface area contributed by atoms with Crippen molar-refractivity contribution in [2.45, 2.75) is 11.4 Å². The van der Waals surface area contributed by atoms with E-state index in [0.29, 0.717) is 11.5 Å². The maximum absolute atomic E-state index is 12.8. The van der Waals surface area contributed by atoms with Crippen LogP contribution >= 0.6 is 0 Å². The lowest BCUT2D eigenvalue weighted by Gasteiger charge is -2.18. The zero-order chi connectivity index (χ0) is 19.4. The van der Waals surface area contributed by atoms with E-state index in [9.17, 15) is 13.2 Å². The van der Waals surface area contributed by atoms with Crippen LogP contribution in [-0.2, 0) is 16.6 Å². The van der Waals surface area contributed by atoms with Crippen LogP contribution in [0.2, 0.25) is 0 Å². The number of carbonyl (C=O) groups is 1. The molecule has 0 atom stereocenters. The molecule has 140 valence electrons. The molecule has 0 fully saturated rings. The van der Waals surface area contributed by atoms with Crippen molar-refractivity contribution in [1.82, 2.24) is 19.5 Å². The first-order valence-corrected chi connectivity index (χ1v) is 9.57. The summed E-state index contributed by atoms with van der Waals surface area (Å²) in [6, 6.07) is 12.9. The van der Waals surface area contributed by atoms with E-state index >= 15 is 0 Å². The summed E-state index contributed by atoms with van der Waals surface area (Å²) in [5.74, 6) is 0.133. The van der Waals surface area contributed by atoms with Crippen LogP contribution in [0.5, 0.6) is 0 Å². The van der Waals surface area contributed by atoms with Gasteiger partial charge < -0.3 is 0 Å². The number of aromatic nitrogens is 3. The highest BCUT2D eigenvalue weighted by Crippen LogP contribution is 2.19. The number of hydrogen-bond acceptors (Lipinski definition) is 5. The minimum Gasteiger partial charge on any atom is -0.296 e. The fourth-order valence-corrected chi connectivity index (χ4v) is 3.71. The van der Waals surface area contributed by atoms with Crippen molar-refractivity contribution >= 4 is 21.7 Å². The van der Waals surface area contributed by atoms with Gasteiger partial charge in [0.25, 0.3) is 5.91 Å². The van der Waals surface area contributed by atoms with Crippen molar-refractivity contribution in [2.24, 2.45) is 0 Å². The van der Waals surface area contributed by atoms with E-state index in [0.717, 1.165) is 0 Å². The second-order valence-corrected chi connectivity index (χ2v) is 7.97. The number of H-pyrrole nitrogens is 1. The molecule has 0 saturated heterocycles. The van der Waals surface area contributed by atoms with Crippen molar-refractivity contribution in [1.29, 1.82) is 0 Å². The first-order chi connectivity index (χ1) is 12.9. The topological polar surface area (TPSA) is 99.3 Å². The molecule has 3 aromatic rings. The van der Waals surface area contributed by atoms with Gasteiger partial charge in [0.05, 0.1) is 17.1 Å². The molecule has 8 nitrogen and oxygen atoms in total. The van der Waals surface area contributed by atoms with E-state index in [4.69, 9.17) is 0 Å². The van der Waals surface area contributed by atoms with Crippen molar-refractivity contribution in [3.63, 3.8) is 0 Å². The van der Waals surface area contributed by atoms with Gasteiger partial charge >= 0.3 is 0 Å². The normalized spacial score (nSPS) is 11.5. The van der Waals surface area contributed by atoms with E-state index < -0.39 is 10.0 Å². The summed E-state index contributed by atoms with van der Waals surface area (Å²) < 4.78 is 26.9. The molecule has 1 amide bonds. The predicted octanol–water partition coefficient (Wildman–Crippen LogP) is 1.90. The number of benzene rings is 1. The highest BCUT2D eigenvalue weighted by molar-refractivity contribution is 7.89. The fourth-order valence-electron chi connectivity index (χ4n) is 2.52. The first-order valence-electron chi connectivity index (χ1n) is 8.13. The highest BCUT2D eigenvalue weighted by atomic mass is 32.2. The van der Waals surface area contributed by atoms with Gasteiger partial charge in [0, 0.05) is 32.1 Å². The lowest BCUT2D eigenvalue weighted by atomic mass is 10.2. The Morgan fingerprint density at radius 2 is 1.89 bits per heavy atom. The molecule has 9 heteroatoms. The molecule has 0 aliphatic carbocycles. The number of amides is 1. The molecule has 0 radical (unpaired) electrons. The van der Waals surface area contributed by atoms with Crippen molar-refractivity contribution in [3.05, 3.63) is 72.2 Å². The van der Waals surface area contributed by atoms with Crippen LogP contribution in [0.15, 0.2) is 65.8 Å². The molecular weight excluding hydrogens is 366 g/mol. The summed E-state index contributed by atoms with van der Waals surface area (Å²) in [6.45, 7) is 0.147. The predicted molar refractivity (Wildman–Crippen MR) is 101 cm³/mol. The zero-order valence-electron chi connectivity index (χ0n) is 14.9. The molecule has 1 aromatic carbocycles. The summed E-state index contributed by atoms with van der Waals surface area (Å²) in [5, 5.41) is 6.54. The Balaban J connectivity index is 1.85. The summed E-state index contributed by atoms with van der Waals surface area (Å²) in [5.41, 5.74) is 0.933. The molecule has 2 heterocycles. The number of anilines is 1. The van der Waals surface area contributed by atoms with E-state index in [2.05, 4.69) is 15.2 Å². The van der Waals surface area contributed by atoms with Crippen molar-refractivity contribution < 1.29 is 13.2 Å². The summed E-state index contributed by atoms with van der Waals surface area (Å²) in [7, 11) is -0.692. The van der Waals surface area contributed by atoms with Gasteiger partial charge in [-0.3, -0.25) is 14.8 Å². The summed E-state index contributed by atoms with van der Waals surface area (Å²) in [4.78, 5) is 18.3. The molecule has 0 aliphatic rings. The minimum absolute atomic E-state index is 0.0461. The second-order valence-electron chi connectivity index (χ2n) is 5.92. The van der Waals surface area contributed by atoms with E-state index in [1.54, 1.807) is 55.8 Å². The van der Waals surface area contributed by atoms with Crippen LogP contribution in [0.4, 0.5) is 5.82 Å². The van der Waals surface area contributed by atoms with E-state index in [1.807, 2.05) is 0 Å². The van der Waals surface area contributed by atoms with Gasteiger partial charge in [-0.15, -0.1) is 0 Å². The van der Waals surface area contributed by atoms with Crippen LogP contribution in [0.1, 0.15) is 16.1 Å². The van der Waals surface area contributed by atoms with Crippen LogP contribution in [0, 0.1) is 0 Å². The summed E-state index contributed by atoms with van der Waals surface area (Å²) in [6.07, 6.45) is 3.15. The minimum atomic E-state index is -3.76. The second kappa shape index (κ2) is 7.68. The van der Waals surface area contributed by atoms with Crippen molar-refractivity contribution in [3.8, 4) is 0 Å². The Hall–Kier alpha value is -3.04. The maximum Gasteiger partial charge on any atom is 0.259 e. The molecule has 0 saturated carbocycles. The van der Waals surface area contributed by atoms with Gasteiger partial charge in [-0.1, -0.05) is 12.1 Å². The third-order valence-electron chi connectivity index (χ3n) is 4.04. The molecule has 0 spiro atoms. The van der Waals surface area contributed by atoms with E-state index in [-0.39, 0.29) is 22.9 Å². The Morgan fingerprint density at radius 3 is 2.56 bits per heavy atom. The van der Waals surface area contributed by atoms with Gasteiger partial charge in [0.1, 0.15) is 5.82 Å². The number of carbonyl (C=O) groups excluding carboxylic acids is 1. The van der Waals surface area contributed by atoms with Crippen LogP contribution in [0.3, 0.4) is 0 Å². The first kappa shape index (κ1) is 18.7. The van der Waals surface area contributed by atoms with Gasteiger partial charge in [0.2, 0.25) is 10.0 Å². The molecule has 0 bridgehead atoms. The maximum atomic E-state index is 12.8. The van der Waals surface area contributed by atoms with Crippen LogP contribution in [-0.4, -0.2) is 47.9 Å². The number of aromatic amines is 1. The quantitative estimate of drug-likeness (QED) is 0.699. The summed E-state index contributed by atoms with van der Waals surface area (Å²) >= 11 is 0. The lowest BCUT2D eigenvalue weighted by Crippen LogP contribution is -2.29. The van der Waals surface area contributed by atoms with Gasteiger partial charge in [0.15, 0.2) is 0 Å². The Morgan fingerprint density at radius 1 is 1.07 bits per heavy atom. The molecule has 1 N–H and O–H groups in total. The molecule has 27 heavy (non-hydrogen) atoms. The average molecular weight is 385 g/mol. The molecular formula is C18H19N5O3S. The molecule has 0 aliphatic heterocycles. The molecule has 2 aromatic heterocycles. The Kier molecular flexibility index (Phi) is 5.33. The van der Waals surface area contributed by atoms with Gasteiger partial charge in [-0.05, 0) is 36.4 Å². The number of sulfonamides is 1. The van der Waals surface area contributed by atoms with Crippen LogP contribution in [0.25, 0.3) is 0 Å². The molecule has 0 unspecified atom stereocenters. The van der Waals surface area contributed by atoms with Crippen molar-refractivity contribution in [2.75, 3.05) is 19.0 Å². The zero-order valence-corrected chi connectivity index (χ0v) is 15.7. The van der Waals surface area contributed by atoms with Crippen LogP contribution < -0.4 is 4.90 Å². The standard InChI is InChI=1S/C18H19N5O3S/c1-22(13-15-9-11-20-21-15)27(25,26)16-7-5-6-14(12-16)18(24)23(2)17-8-3-4-10-19-17/h3-12H,13H2,1-2H3,(H,20,21). The largest absolute Gasteiger partial charge is 0.296 e. The highest BCUT2D eigenvalue weighted by Gasteiger charge is 2.23. The SMILES string of the molecule is CN(C(=O)c1cccc(S(=O)(=O)N(C)Cc2ccn[nH]2)c1)c1ccccn1. The van der Waals surface area contributed by atoms with Gasteiger partial charge in [-0.2, -0.15) is 9.40 Å². The third kappa shape index (κ3) is 4.04. The Bertz CT molecular complexity index is 1020. The van der Waals surface area contributed by atoms with E-state index in [1.165, 1.54) is 28.4 Å². The number of nitrogens with one attached hydrogen (secondary N) is 1. The number of nitrogens with zero attached hydrogens (tertiary/aromatic N) is 4. The third-order valence-corrected chi connectivity index (χ3v) is 5.84. The van der Waals surface area contributed by atoms with Gasteiger partial charge in [-0.25, -0.2) is 13.4 Å².